The van der Waals surface area contributed by atoms with E-state index in [1.165, 1.54) is 0 Å². The van der Waals surface area contributed by atoms with Crippen LogP contribution in [0, 0.1) is 0 Å². The van der Waals surface area contributed by atoms with Gasteiger partial charge in [0.25, 0.3) is 0 Å². The first-order chi connectivity index (χ1) is 5.43. The summed E-state index contributed by atoms with van der Waals surface area (Å²) in [5.41, 5.74) is -0.717. The molecule has 0 aromatic heterocycles. The van der Waals surface area contributed by atoms with Gasteiger partial charge in [-0.15, -0.1) is 0 Å². The topological polar surface area (TPSA) is 118 Å². The molecule has 0 saturated heterocycles. The van der Waals surface area contributed by atoms with E-state index in [0.717, 1.165) is 0 Å². The minimum absolute atomic E-state index is 0.339. The molecule has 0 spiro atoms. The molecule has 0 aromatic rings. The molecular formula is C5H5O6P. The Balaban J connectivity index is 4.81. The van der Waals surface area contributed by atoms with Gasteiger partial charge in [0, 0.05) is 6.08 Å². The summed E-state index contributed by atoms with van der Waals surface area (Å²) in [6.45, 7) is 0. The lowest BCUT2D eigenvalue weighted by Crippen LogP contribution is -2.06. The zero-order chi connectivity index (χ0) is 9.72. The Kier molecular flexibility index (Phi) is 4.14. The number of rotatable bonds is 3. The average molecular weight is 192 g/mol. The summed E-state index contributed by atoms with van der Waals surface area (Å²) in [5.74, 6) is -2.60. The quantitative estimate of drug-likeness (QED) is 0.371. The fourth-order valence-electron chi connectivity index (χ4n) is 0.406. The second-order valence-corrected chi connectivity index (χ2v) is 2.54. The Morgan fingerprint density at radius 3 is 2.08 bits per heavy atom. The van der Waals surface area contributed by atoms with Crippen molar-refractivity contribution in [2.45, 2.75) is 0 Å². The first kappa shape index (κ1) is 10.8. The van der Waals surface area contributed by atoms with Gasteiger partial charge in [0.2, 0.25) is 8.00 Å². The summed E-state index contributed by atoms with van der Waals surface area (Å²) >= 11 is 0. The predicted molar refractivity (Wildman–Crippen MR) is 38.6 cm³/mol. The molecule has 0 rings (SSSR count). The highest BCUT2D eigenvalue weighted by Gasteiger charge is 2.09. The molecular weight excluding hydrogens is 187 g/mol. The van der Waals surface area contributed by atoms with E-state index in [-0.39, 0.29) is 0 Å². The van der Waals surface area contributed by atoms with E-state index in [1.54, 1.807) is 0 Å². The van der Waals surface area contributed by atoms with Crippen LogP contribution in [0.2, 0.25) is 0 Å². The smallest absolute Gasteiger partial charge is 0.339 e. The molecule has 0 heterocycles. The Hall–Kier alpha value is -1.23. The maximum Gasteiger partial charge on any atom is 0.339 e. The molecule has 7 heteroatoms. The summed E-state index contributed by atoms with van der Waals surface area (Å²) in [4.78, 5) is 38.5. The fraction of sp³-hybridized carbons (Fsp3) is 0. The van der Waals surface area contributed by atoms with Crippen molar-refractivity contribution in [2.75, 3.05) is 0 Å². The van der Waals surface area contributed by atoms with Crippen LogP contribution < -0.4 is 4.89 Å². The van der Waals surface area contributed by atoms with Crippen LogP contribution in [-0.4, -0.2) is 32.8 Å². The highest BCUT2D eigenvalue weighted by atomic mass is 31.1. The van der Waals surface area contributed by atoms with Crippen molar-refractivity contribution in [3.63, 3.8) is 0 Å². The summed E-state index contributed by atoms with van der Waals surface area (Å²) in [6.07, 6.45) is 0.339. The van der Waals surface area contributed by atoms with Crippen LogP contribution in [0.3, 0.4) is 0 Å². The first-order valence-electron chi connectivity index (χ1n) is 2.61. The normalized spacial score (nSPS) is 12.8. The van der Waals surface area contributed by atoms with E-state index in [4.69, 9.17) is 15.1 Å². The number of aliphatic carboxylic acids is 2. The maximum atomic E-state index is 10.2. The summed E-state index contributed by atoms with van der Waals surface area (Å²) in [5, 5.41) is 16.4. The van der Waals surface area contributed by atoms with Crippen LogP contribution in [0.25, 0.3) is 0 Å². The maximum absolute atomic E-state index is 10.2. The molecule has 1 unspecified atom stereocenters. The van der Waals surface area contributed by atoms with Crippen LogP contribution in [0.4, 0.5) is 0 Å². The number of carboxylic acids is 2. The third-order valence-corrected chi connectivity index (χ3v) is 1.27. The molecule has 1 atom stereocenters. The van der Waals surface area contributed by atoms with E-state index in [1.807, 2.05) is 0 Å². The molecule has 12 heavy (non-hydrogen) atoms. The summed E-state index contributed by atoms with van der Waals surface area (Å²) in [6, 6.07) is 0. The summed E-state index contributed by atoms with van der Waals surface area (Å²) in [7, 11) is -2.79. The largest absolute Gasteiger partial charge is 0.603 e. The lowest BCUT2D eigenvalue weighted by atomic mass is 10.3. The van der Waals surface area contributed by atoms with Crippen molar-refractivity contribution in [3.8, 4) is 0 Å². The molecule has 0 amide bonds. The Labute approximate surface area is 67.9 Å². The predicted octanol–water partition coefficient (Wildman–Crippen LogP) is -1.45. The highest BCUT2D eigenvalue weighted by molar-refractivity contribution is 7.44. The monoisotopic (exact) mass is 192 g/mol. The average Bonchev–Trinajstić information content (AvgIpc) is 1.83. The van der Waals surface area contributed by atoms with Crippen molar-refractivity contribution in [1.29, 1.82) is 0 Å². The first-order valence-corrected chi connectivity index (χ1v) is 3.89. The Morgan fingerprint density at radius 2 is 1.83 bits per heavy atom. The van der Waals surface area contributed by atoms with Gasteiger partial charge in [-0.1, -0.05) is 0 Å². The Morgan fingerprint density at radius 1 is 1.33 bits per heavy atom. The van der Waals surface area contributed by atoms with E-state index >= 15 is 0 Å². The lowest BCUT2D eigenvalue weighted by Gasteiger charge is -1.89. The summed E-state index contributed by atoms with van der Waals surface area (Å²) < 4.78 is 0. The molecule has 0 fully saturated rings. The fourth-order valence-corrected chi connectivity index (χ4v) is 0.829. The zero-order valence-corrected chi connectivity index (χ0v) is 6.56. The number of hydrogen-bond acceptors (Lipinski definition) is 4. The molecule has 0 aliphatic heterocycles. The minimum Gasteiger partial charge on any atom is -0.603 e. The van der Waals surface area contributed by atoms with Crippen molar-refractivity contribution in [1.82, 2.24) is 0 Å². The highest BCUT2D eigenvalue weighted by Crippen LogP contribution is 2.04. The van der Waals surface area contributed by atoms with Crippen LogP contribution in [-0.2, 0) is 9.59 Å². The van der Waals surface area contributed by atoms with Gasteiger partial charge in [0.05, 0.1) is 0 Å². The second-order valence-electron chi connectivity index (χ2n) is 1.67. The van der Waals surface area contributed by atoms with Gasteiger partial charge < -0.3 is 15.1 Å². The van der Waals surface area contributed by atoms with Gasteiger partial charge >= 0.3 is 11.9 Å². The van der Waals surface area contributed by atoms with Crippen molar-refractivity contribution in [2.24, 2.45) is 0 Å². The van der Waals surface area contributed by atoms with Gasteiger partial charge in [-0.05, 0) is 0 Å². The third kappa shape index (κ3) is 4.56. The standard InChI is InChI=1S/C5H5O6P/c6-4(7)1-3(5(8)9)2-12(10)11/h1-2H,(H,6,7)(H,8,9)(H,10,11)/b3-1-. The van der Waals surface area contributed by atoms with Crippen LogP contribution >= 0.6 is 8.00 Å². The van der Waals surface area contributed by atoms with Gasteiger partial charge in [-0.3, -0.25) is 0 Å². The van der Waals surface area contributed by atoms with Crippen molar-refractivity contribution in [3.05, 3.63) is 11.6 Å². The SMILES string of the molecule is O=C(O)/C=C(/C=[P+](/[O-])O)C(=O)O. The lowest BCUT2D eigenvalue weighted by molar-refractivity contribution is -0.167. The molecule has 0 aromatic carbocycles. The Bertz CT molecular complexity index is 261. The number of hydrogen-bond donors (Lipinski definition) is 3. The van der Waals surface area contributed by atoms with Crippen molar-refractivity contribution < 1.29 is 29.6 Å². The van der Waals surface area contributed by atoms with Gasteiger partial charge in [0.15, 0.2) is 5.80 Å². The van der Waals surface area contributed by atoms with Crippen molar-refractivity contribution >= 4 is 25.7 Å². The van der Waals surface area contributed by atoms with E-state index < -0.39 is 25.5 Å². The molecule has 0 saturated carbocycles. The van der Waals surface area contributed by atoms with Gasteiger partial charge in [-0.25, -0.2) is 9.59 Å². The van der Waals surface area contributed by atoms with E-state index in [0.29, 0.717) is 11.9 Å². The van der Waals surface area contributed by atoms with Gasteiger partial charge in [-0.2, -0.15) is 4.89 Å². The molecule has 6 nitrogen and oxygen atoms in total. The number of carbonyl (C=O) groups is 2. The van der Waals surface area contributed by atoms with Crippen LogP contribution in [0.15, 0.2) is 11.6 Å². The molecule has 66 valence electrons. The zero-order valence-electron chi connectivity index (χ0n) is 5.67. The molecule has 0 aliphatic carbocycles. The molecule has 0 radical (unpaired) electrons. The van der Waals surface area contributed by atoms with Gasteiger partial charge in [0.1, 0.15) is 5.57 Å². The molecule has 0 bridgehead atoms. The number of carboxylic acid groups (broad SMARTS) is 2. The van der Waals surface area contributed by atoms with E-state index in [9.17, 15) is 14.5 Å². The van der Waals surface area contributed by atoms with Crippen LogP contribution in [0.1, 0.15) is 0 Å². The van der Waals surface area contributed by atoms with Crippen LogP contribution in [0.5, 0.6) is 0 Å². The van der Waals surface area contributed by atoms with E-state index in [2.05, 4.69) is 0 Å². The third-order valence-electron chi connectivity index (χ3n) is 0.775. The minimum atomic E-state index is -2.79. The molecule has 3 N–H and O–H groups in total. The second kappa shape index (κ2) is 4.61. The molecule has 0 aliphatic rings.